The minimum absolute atomic E-state index is 0.0571. The first kappa shape index (κ1) is 18.1. The maximum atomic E-state index is 12.7. The maximum absolute atomic E-state index is 12.7. The Hall–Kier alpha value is -0.700. The molecule has 3 aliphatic rings. The van der Waals surface area contributed by atoms with Crippen molar-refractivity contribution in [1.29, 1.82) is 0 Å². The van der Waals surface area contributed by atoms with Crippen molar-refractivity contribution in [2.24, 2.45) is 5.92 Å². The summed E-state index contributed by atoms with van der Waals surface area (Å²) in [6.45, 7) is 4.59. The average Bonchev–Trinajstić information content (AvgIpc) is 2.62. The van der Waals surface area contributed by atoms with Crippen LogP contribution in [-0.4, -0.2) is 81.3 Å². The Kier molecular flexibility index (Phi) is 6.12. The molecule has 0 spiro atoms. The molecule has 2 unspecified atom stereocenters. The molecule has 138 valence electrons. The zero-order valence-corrected chi connectivity index (χ0v) is 15.1. The average molecular weight is 359 g/mol. The van der Waals surface area contributed by atoms with Crippen LogP contribution in [0.15, 0.2) is 0 Å². The molecule has 0 aromatic heterocycles. The molecular formula is C16H29N3O4S. The number of rotatable bonds is 4. The normalized spacial score (nSPS) is 30.2. The molecule has 0 aromatic carbocycles. The van der Waals surface area contributed by atoms with Gasteiger partial charge in [-0.1, -0.05) is 0 Å². The molecule has 8 heteroatoms. The fourth-order valence-electron chi connectivity index (χ4n) is 3.82. The summed E-state index contributed by atoms with van der Waals surface area (Å²) in [4.78, 5) is 14.5. The second-order valence-corrected chi connectivity index (χ2v) is 9.05. The molecule has 0 saturated carbocycles. The van der Waals surface area contributed by atoms with E-state index >= 15 is 0 Å². The van der Waals surface area contributed by atoms with Gasteiger partial charge in [0.1, 0.15) is 0 Å². The molecular weight excluding hydrogens is 330 g/mol. The number of hydrogen-bond donors (Lipinski definition) is 1. The van der Waals surface area contributed by atoms with Gasteiger partial charge in [0.15, 0.2) is 0 Å². The molecule has 3 aliphatic heterocycles. The van der Waals surface area contributed by atoms with E-state index in [0.717, 1.165) is 58.3 Å². The summed E-state index contributed by atoms with van der Waals surface area (Å²) in [6.07, 6.45) is 4.22. The predicted molar refractivity (Wildman–Crippen MR) is 91.1 cm³/mol. The molecule has 0 aliphatic carbocycles. The molecule has 7 nitrogen and oxygen atoms in total. The number of carbonyl (C=O) groups excluding carboxylic acids is 1. The predicted octanol–water partition coefficient (Wildman–Crippen LogP) is 0.0291. The lowest BCUT2D eigenvalue weighted by atomic mass is 9.98. The minimum atomic E-state index is -3.35. The van der Waals surface area contributed by atoms with Crippen LogP contribution < -0.4 is 5.32 Å². The third kappa shape index (κ3) is 4.47. The van der Waals surface area contributed by atoms with Crippen LogP contribution in [-0.2, 0) is 19.6 Å². The Morgan fingerprint density at radius 3 is 2.58 bits per heavy atom. The van der Waals surface area contributed by atoms with Crippen LogP contribution in [0.2, 0.25) is 0 Å². The summed E-state index contributed by atoms with van der Waals surface area (Å²) >= 11 is 0. The molecule has 2 atom stereocenters. The van der Waals surface area contributed by atoms with Crippen LogP contribution in [0.3, 0.4) is 0 Å². The Labute approximate surface area is 144 Å². The quantitative estimate of drug-likeness (QED) is 0.766. The summed E-state index contributed by atoms with van der Waals surface area (Å²) < 4.78 is 32.5. The van der Waals surface area contributed by atoms with Gasteiger partial charge in [-0.2, -0.15) is 0 Å². The zero-order valence-electron chi connectivity index (χ0n) is 14.3. The molecule has 3 saturated heterocycles. The first-order valence-electron chi connectivity index (χ1n) is 9.15. The summed E-state index contributed by atoms with van der Waals surface area (Å²) in [6, 6.07) is 0. The van der Waals surface area contributed by atoms with Crippen molar-refractivity contribution in [3.8, 4) is 0 Å². The van der Waals surface area contributed by atoms with Gasteiger partial charge in [0.05, 0.1) is 17.8 Å². The Morgan fingerprint density at radius 1 is 1.08 bits per heavy atom. The van der Waals surface area contributed by atoms with E-state index in [1.54, 1.807) is 0 Å². The Morgan fingerprint density at radius 2 is 1.88 bits per heavy atom. The number of amides is 1. The van der Waals surface area contributed by atoms with E-state index in [1.165, 1.54) is 4.31 Å². The molecule has 1 amide bonds. The van der Waals surface area contributed by atoms with Crippen molar-refractivity contribution in [3.05, 3.63) is 0 Å². The Bertz CT molecular complexity index is 527. The molecule has 3 fully saturated rings. The van der Waals surface area contributed by atoms with Gasteiger partial charge in [0, 0.05) is 45.9 Å². The first-order valence-corrected chi connectivity index (χ1v) is 10.8. The van der Waals surface area contributed by atoms with Crippen LogP contribution in [0.25, 0.3) is 0 Å². The molecule has 24 heavy (non-hydrogen) atoms. The number of nitrogens with zero attached hydrogens (tertiary/aromatic N) is 2. The molecule has 0 bridgehead atoms. The van der Waals surface area contributed by atoms with Gasteiger partial charge < -0.3 is 15.0 Å². The number of nitrogens with one attached hydrogen (secondary N) is 1. The van der Waals surface area contributed by atoms with Crippen molar-refractivity contribution in [1.82, 2.24) is 14.5 Å². The van der Waals surface area contributed by atoms with E-state index in [9.17, 15) is 13.2 Å². The van der Waals surface area contributed by atoms with Gasteiger partial charge in [-0.3, -0.25) is 4.79 Å². The molecule has 1 N–H and O–H groups in total. The molecule has 3 heterocycles. The summed E-state index contributed by atoms with van der Waals surface area (Å²) in [5.41, 5.74) is 0. The van der Waals surface area contributed by atoms with Gasteiger partial charge in [-0.05, 0) is 32.1 Å². The zero-order chi connectivity index (χ0) is 17.0. The smallest absolute Gasteiger partial charge is 0.227 e. The fourth-order valence-corrected chi connectivity index (χ4v) is 5.58. The van der Waals surface area contributed by atoms with E-state index in [-0.39, 0.29) is 23.7 Å². The number of piperidine rings is 1. The van der Waals surface area contributed by atoms with E-state index in [2.05, 4.69) is 5.32 Å². The number of carbonyl (C=O) groups is 1. The van der Waals surface area contributed by atoms with E-state index in [1.807, 2.05) is 4.90 Å². The number of ether oxygens (including phenoxy) is 1. The lowest BCUT2D eigenvalue weighted by molar-refractivity contribution is -0.137. The van der Waals surface area contributed by atoms with Crippen molar-refractivity contribution < 1.29 is 17.9 Å². The van der Waals surface area contributed by atoms with Crippen molar-refractivity contribution in [3.63, 3.8) is 0 Å². The lowest BCUT2D eigenvalue weighted by Gasteiger charge is -2.36. The van der Waals surface area contributed by atoms with Crippen LogP contribution in [0, 0.1) is 5.92 Å². The first-order chi connectivity index (χ1) is 11.6. The monoisotopic (exact) mass is 359 g/mol. The Balaban J connectivity index is 1.58. The van der Waals surface area contributed by atoms with Gasteiger partial charge in [-0.15, -0.1) is 0 Å². The van der Waals surface area contributed by atoms with E-state index in [0.29, 0.717) is 19.7 Å². The fraction of sp³-hybridized carbons (Fsp3) is 0.938. The highest BCUT2D eigenvalue weighted by Gasteiger charge is 2.35. The van der Waals surface area contributed by atoms with Crippen molar-refractivity contribution in [2.75, 3.05) is 51.6 Å². The third-order valence-corrected chi connectivity index (χ3v) is 7.14. The second kappa shape index (κ2) is 8.12. The van der Waals surface area contributed by atoms with Gasteiger partial charge in [0.25, 0.3) is 0 Å². The van der Waals surface area contributed by atoms with Crippen molar-refractivity contribution >= 4 is 15.9 Å². The number of hydrogen-bond acceptors (Lipinski definition) is 5. The van der Waals surface area contributed by atoms with Crippen LogP contribution in [0.4, 0.5) is 0 Å². The second-order valence-electron chi connectivity index (χ2n) is 7.04. The molecule has 0 aromatic rings. The highest BCUT2D eigenvalue weighted by atomic mass is 32.2. The largest absolute Gasteiger partial charge is 0.377 e. The molecule has 0 radical (unpaired) electrons. The van der Waals surface area contributed by atoms with Crippen LogP contribution in [0.1, 0.15) is 32.1 Å². The highest BCUT2D eigenvalue weighted by molar-refractivity contribution is 7.89. The van der Waals surface area contributed by atoms with Gasteiger partial charge >= 0.3 is 0 Å². The van der Waals surface area contributed by atoms with E-state index in [4.69, 9.17) is 4.74 Å². The molecule has 3 rings (SSSR count). The van der Waals surface area contributed by atoms with Gasteiger partial charge in [-0.25, -0.2) is 12.7 Å². The summed E-state index contributed by atoms with van der Waals surface area (Å²) in [5.74, 6) is -0.0223. The SMILES string of the molecule is O=C(C1CCCN(S(=O)(=O)CC2CCCCO2)C1)N1CCNCC1. The topological polar surface area (TPSA) is 79.0 Å². The maximum Gasteiger partial charge on any atom is 0.227 e. The van der Waals surface area contributed by atoms with Gasteiger partial charge in [0.2, 0.25) is 15.9 Å². The summed E-state index contributed by atoms with van der Waals surface area (Å²) in [7, 11) is -3.35. The van der Waals surface area contributed by atoms with E-state index < -0.39 is 10.0 Å². The number of piperazine rings is 1. The number of sulfonamides is 1. The van der Waals surface area contributed by atoms with Crippen LogP contribution in [0.5, 0.6) is 0 Å². The highest BCUT2D eigenvalue weighted by Crippen LogP contribution is 2.23. The standard InChI is InChI=1S/C16H29N3O4S/c20-16(18-9-6-17-7-10-18)14-4-3-8-19(12-14)24(21,22)13-15-5-1-2-11-23-15/h14-15,17H,1-13H2. The minimum Gasteiger partial charge on any atom is -0.377 e. The van der Waals surface area contributed by atoms with Crippen LogP contribution >= 0.6 is 0 Å². The summed E-state index contributed by atoms with van der Waals surface area (Å²) in [5, 5.41) is 3.24. The third-order valence-electron chi connectivity index (χ3n) is 5.23. The van der Waals surface area contributed by atoms with Crippen molar-refractivity contribution in [2.45, 2.75) is 38.2 Å². The lowest BCUT2D eigenvalue weighted by Crippen LogP contribution is -2.52.